The van der Waals surface area contributed by atoms with Gasteiger partial charge in [0.25, 0.3) is 0 Å². The standard InChI is InChI=1S/C13H20FN5O3/c1-13(14)3-7(5-20)22-8(4-13)19-6-16-9-10(19)17-12(15)18-11(9)21-2/h7-8,16,20H,3-6H2,1-2H3,(H2,15,17,18). The van der Waals surface area contributed by atoms with Gasteiger partial charge in [-0.1, -0.05) is 0 Å². The van der Waals surface area contributed by atoms with E-state index in [4.69, 9.17) is 15.2 Å². The summed E-state index contributed by atoms with van der Waals surface area (Å²) in [6, 6.07) is 0. The molecule has 1 aromatic heterocycles. The zero-order valence-electron chi connectivity index (χ0n) is 12.5. The van der Waals surface area contributed by atoms with Crippen LogP contribution in [-0.2, 0) is 4.74 Å². The second-order valence-electron chi connectivity index (χ2n) is 5.81. The fourth-order valence-electron chi connectivity index (χ4n) is 2.96. The first-order valence-corrected chi connectivity index (χ1v) is 7.11. The van der Waals surface area contributed by atoms with E-state index in [1.165, 1.54) is 14.0 Å². The molecule has 3 unspecified atom stereocenters. The van der Waals surface area contributed by atoms with Crippen LogP contribution in [0.4, 0.5) is 21.8 Å². The Morgan fingerprint density at radius 3 is 3.00 bits per heavy atom. The molecule has 1 aromatic rings. The van der Waals surface area contributed by atoms with Crippen LogP contribution in [0.15, 0.2) is 0 Å². The van der Waals surface area contributed by atoms with Gasteiger partial charge in [-0.25, -0.2) is 4.39 Å². The molecule has 1 saturated heterocycles. The van der Waals surface area contributed by atoms with Crippen LogP contribution in [0.1, 0.15) is 19.8 Å². The Morgan fingerprint density at radius 2 is 2.32 bits per heavy atom. The van der Waals surface area contributed by atoms with Crippen molar-refractivity contribution in [2.75, 3.05) is 36.3 Å². The maximum absolute atomic E-state index is 14.5. The normalized spacial score (nSPS) is 30.8. The smallest absolute Gasteiger partial charge is 0.244 e. The van der Waals surface area contributed by atoms with Gasteiger partial charge in [0.15, 0.2) is 5.82 Å². The van der Waals surface area contributed by atoms with E-state index in [1.54, 1.807) is 4.90 Å². The predicted molar refractivity (Wildman–Crippen MR) is 78.5 cm³/mol. The zero-order chi connectivity index (χ0) is 15.9. The Labute approximate surface area is 127 Å². The minimum atomic E-state index is -1.41. The van der Waals surface area contributed by atoms with Crippen LogP contribution in [0.3, 0.4) is 0 Å². The van der Waals surface area contributed by atoms with Crippen molar-refractivity contribution in [1.29, 1.82) is 0 Å². The molecule has 22 heavy (non-hydrogen) atoms. The average molecular weight is 313 g/mol. The van der Waals surface area contributed by atoms with Crippen LogP contribution in [0.25, 0.3) is 0 Å². The molecular formula is C13H20FN5O3. The molecule has 4 N–H and O–H groups in total. The number of hydrogen-bond acceptors (Lipinski definition) is 8. The van der Waals surface area contributed by atoms with Crippen LogP contribution in [0, 0.1) is 0 Å². The van der Waals surface area contributed by atoms with Crippen molar-refractivity contribution in [2.24, 2.45) is 0 Å². The lowest BCUT2D eigenvalue weighted by Gasteiger charge is -2.41. The predicted octanol–water partition coefficient (Wildman–Crippen LogP) is 0.482. The quantitative estimate of drug-likeness (QED) is 0.740. The van der Waals surface area contributed by atoms with Gasteiger partial charge in [-0.05, 0) is 6.92 Å². The number of hydrogen-bond donors (Lipinski definition) is 3. The Kier molecular flexibility index (Phi) is 3.69. The molecule has 8 nitrogen and oxygen atoms in total. The van der Waals surface area contributed by atoms with Gasteiger partial charge in [0.05, 0.1) is 26.5 Å². The molecule has 0 saturated carbocycles. The van der Waals surface area contributed by atoms with Gasteiger partial charge < -0.3 is 30.5 Å². The van der Waals surface area contributed by atoms with Crippen molar-refractivity contribution in [1.82, 2.24) is 9.97 Å². The maximum Gasteiger partial charge on any atom is 0.244 e. The number of aliphatic hydroxyl groups excluding tert-OH is 1. The summed E-state index contributed by atoms with van der Waals surface area (Å²) in [5, 5.41) is 12.4. The van der Waals surface area contributed by atoms with Crippen LogP contribution in [-0.4, -0.2) is 53.5 Å². The fraction of sp³-hybridized carbons (Fsp3) is 0.692. The summed E-state index contributed by atoms with van der Waals surface area (Å²) in [6.07, 6.45) is -0.743. The lowest BCUT2D eigenvalue weighted by Crippen LogP contribution is -2.50. The molecule has 122 valence electrons. The Balaban J connectivity index is 1.91. The molecule has 3 atom stereocenters. The third-order valence-electron chi connectivity index (χ3n) is 3.92. The highest BCUT2D eigenvalue weighted by Gasteiger charge is 2.43. The lowest BCUT2D eigenvalue weighted by atomic mass is 9.92. The fourth-order valence-corrected chi connectivity index (χ4v) is 2.96. The van der Waals surface area contributed by atoms with E-state index in [1.807, 2.05) is 0 Å². The molecule has 0 amide bonds. The Morgan fingerprint density at radius 1 is 1.55 bits per heavy atom. The monoisotopic (exact) mass is 313 g/mol. The molecule has 3 heterocycles. The number of nitrogens with zero attached hydrogens (tertiary/aromatic N) is 3. The minimum Gasteiger partial charge on any atom is -0.479 e. The van der Waals surface area contributed by atoms with Gasteiger partial charge in [-0.15, -0.1) is 0 Å². The number of aliphatic hydroxyl groups is 1. The number of rotatable bonds is 3. The molecule has 9 heteroatoms. The van der Waals surface area contributed by atoms with E-state index in [0.29, 0.717) is 24.1 Å². The van der Waals surface area contributed by atoms with Crippen molar-refractivity contribution < 1.29 is 19.0 Å². The zero-order valence-corrected chi connectivity index (χ0v) is 12.5. The van der Waals surface area contributed by atoms with Gasteiger partial charge in [-0.2, -0.15) is 9.97 Å². The van der Waals surface area contributed by atoms with E-state index in [9.17, 15) is 9.50 Å². The van der Waals surface area contributed by atoms with Crippen molar-refractivity contribution >= 4 is 17.5 Å². The molecule has 2 aliphatic heterocycles. The molecule has 0 radical (unpaired) electrons. The largest absolute Gasteiger partial charge is 0.479 e. The molecule has 1 fully saturated rings. The van der Waals surface area contributed by atoms with Crippen molar-refractivity contribution in [2.45, 2.75) is 37.8 Å². The summed E-state index contributed by atoms with van der Waals surface area (Å²) in [7, 11) is 1.49. The number of fused-ring (bicyclic) bond motifs is 1. The van der Waals surface area contributed by atoms with Gasteiger partial charge in [-0.3, -0.25) is 0 Å². The number of halogens is 1. The summed E-state index contributed by atoms with van der Waals surface area (Å²) >= 11 is 0. The number of ether oxygens (including phenoxy) is 2. The van der Waals surface area contributed by atoms with E-state index >= 15 is 0 Å². The summed E-state index contributed by atoms with van der Waals surface area (Å²) in [5.74, 6) is 0.924. The summed E-state index contributed by atoms with van der Waals surface area (Å²) in [5.41, 5.74) is 4.88. The van der Waals surface area contributed by atoms with Gasteiger partial charge in [0.2, 0.25) is 11.8 Å². The van der Waals surface area contributed by atoms with E-state index in [-0.39, 0.29) is 25.4 Å². The Hall–Kier alpha value is -1.87. The first-order valence-electron chi connectivity index (χ1n) is 7.11. The third-order valence-corrected chi connectivity index (χ3v) is 3.92. The number of alkyl halides is 1. The molecule has 2 aliphatic rings. The Bertz CT molecular complexity index is 571. The highest BCUT2D eigenvalue weighted by Crippen LogP contribution is 2.41. The molecule has 3 rings (SSSR count). The summed E-state index contributed by atoms with van der Waals surface area (Å²) < 4.78 is 25.5. The topological polar surface area (TPSA) is 106 Å². The summed E-state index contributed by atoms with van der Waals surface area (Å²) in [6.45, 7) is 1.67. The van der Waals surface area contributed by atoms with E-state index in [2.05, 4.69) is 15.3 Å². The number of aromatic nitrogens is 2. The third kappa shape index (κ3) is 2.61. The SMILES string of the molecule is COc1nc(N)nc2c1NCN2C1CC(C)(F)CC(CO)O1. The number of nitrogens with one attached hydrogen (secondary N) is 1. The average Bonchev–Trinajstić information content (AvgIpc) is 2.88. The minimum absolute atomic E-state index is 0.0711. The van der Waals surface area contributed by atoms with Gasteiger partial charge in [0.1, 0.15) is 17.6 Å². The molecular weight excluding hydrogens is 293 g/mol. The molecule has 0 aliphatic carbocycles. The van der Waals surface area contributed by atoms with Crippen LogP contribution >= 0.6 is 0 Å². The second-order valence-corrected chi connectivity index (χ2v) is 5.81. The van der Waals surface area contributed by atoms with Gasteiger partial charge >= 0.3 is 0 Å². The number of nitrogen functional groups attached to an aromatic ring is 1. The number of methoxy groups -OCH3 is 1. The van der Waals surface area contributed by atoms with Crippen molar-refractivity contribution in [3.05, 3.63) is 0 Å². The first-order chi connectivity index (χ1) is 10.4. The highest BCUT2D eigenvalue weighted by atomic mass is 19.1. The lowest BCUT2D eigenvalue weighted by molar-refractivity contribution is -0.122. The van der Waals surface area contributed by atoms with E-state index < -0.39 is 18.0 Å². The molecule has 0 aromatic carbocycles. The number of nitrogens with two attached hydrogens (primary N) is 1. The highest BCUT2D eigenvalue weighted by molar-refractivity contribution is 5.76. The first kappa shape index (κ1) is 15.0. The van der Waals surface area contributed by atoms with Crippen molar-refractivity contribution in [3.8, 4) is 5.88 Å². The van der Waals surface area contributed by atoms with Crippen molar-refractivity contribution in [3.63, 3.8) is 0 Å². The second kappa shape index (κ2) is 5.40. The van der Waals surface area contributed by atoms with Crippen LogP contribution in [0.5, 0.6) is 5.88 Å². The maximum atomic E-state index is 14.5. The summed E-state index contributed by atoms with van der Waals surface area (Å²) in [4.78, 5) is 9.98. The molecule has 0 spiro atoms. The number of anilines is 3. The van der Waals surface area contributed by atoms with Crippen LogP contribution in [0.2, 0.25) is 0 Å². The van der Waals surface area contributed by atoms with E-state index in [0.717, 1.165) is 0 Å². The van der Waals surface area contributed by atoms with Gasteiger partial charge in [0, 0.05) is 12.8 Å². The van der Waals surface area contributed by atoms with Crippen LogP contribution < -0.4 is 20.7 Å². The molecule has 0 bridgehead atoms.